The van der Waals surface area contributed by atoms with Gasteiger partial charge in [0, 0.05) is 12.0 Å². The van der Waals surface area contributed by atoms with Crippen LogP contribution in [0.3, 0.4) is 0 Å². The number of nitrogens with zero attached hydrogens (tertiary/aromatic N) is 2. The van der Waals surface area contributed by atoms with E-state index in [-0.39, 0.29) is 17.0 Å². The highest BCUT2D eigenvalue weighted by molar-refractivity contribution is 8.17. The van der Waals surface area contributed by atoms with Gasteiger partial charge in [-0.25, -0.2) is 5.01 Å². The number of amides is 1. The third-order valence-corrected chi connectivity index (χ3v) is 6.78. The Morgan fingerprint density at radius 3 is 2.62 bits per heavy atom. The second kappa shape index (κ2) is 7.17. The van der Waals surface area contributed by atoms with Gasteiger partial charge in [0.05, 0.1) is 16.7 Å². The Bertz CT molecular complexity index is 1270. The van der Waals surface area contributed by atoms with Crippen LogP contribution < -0.4 is 10.1 Å². The molecule has 158 valence electrons. The lowest BCUT2D eigenvalue weighted by Gasteiger charge is -2.45. The van der Waals surface area contributed by atoms with E-state index in [9.17, 15) is 9.90 Å². The molecule has 3 aliphatic heterocycles. The normalized spacial score (nSPS) is 24.7. The fourth-order valence-corrected chi connectivity index (χ4v) is 5.30. The molecule has 6 nitrogen and oxygen atoms in total. The van der Waals surface area contributed by atoms with Crippen LogP contribution in [0.1, 0.15) is 29.2 Å². The SMILES string of the molecule is O=C1N[C@@]2(Oc3ccccc3[C@@H]3CC(c4ccccc4)=NN32)/C(=C/c2ccc(O)cc2)S1. The zero-order valence-corrected chi connectivity index (χ0v) is 17.8. The molecule has 1 spiro atoms. The number of benzene rings is 3. The molecule has 3 heterocycles. The van der Waals surface area contributed by atoms with E-state index in [1.807, 2.05) is 59.6 Å². The topological polar surface area (TPSA) is 74.2 Å². The smallest absolute Gasteiger partial charge is 0.314 e. The summed E-state index contributed by atoms with van der Waals surface area (Å²) in [5.41, 5.74) is 3.90. The number of aromatic hydroxyl groups is 1. The molecule has 0 unspecified atom stereocenters. The monoisotopic (exact) mass is 441 g/mol. The molecule has 3 aliphatic rings. The molecular weight excluding hydrogens is 422 g/mol. The molecule has 1 fully saturated rings. The highest BCUT2D eigenvalue weighted by Crippen LogP contribution is 2.52. The Kier molecular flexibility index (Phi) is 4.26. The number of rotatable bonds is 2. The third-order valence-electron chi connectivity index (χ3n) is 5.87. The lowest BCUT2D eigenvalue weighted by atomic mass is 9.95. The molecule has 0 aliphatic carbocycles. The summed E-state index contributed by atoms with van der Waals surface area (Å²) in [6, 6.07) is 24.8. The lowest BCUT2D eigenvalue weighted by Crippen LogP contribution is -2.61. The summed E-state index contributed by atoms with van der Waals surface area (Å²) in [5, 5.41) is 19.3. The van der Waals surface area contributed by atoms with E-state index in [0.29, 0.717) is 11.3 Å². The van der Waals surface area contributed by atoms with Crippen LogP contribution in [-0.2, 0) is 0 Å². The molecule has 1 saturated heterocycles. The maximum atomic E-state index is 12.6. The van der Waals surface area contributed by atoms with Crippen LogP contribution >= 0.6 is 11.8 Å². The van der Waals surface area contributed by atoms with E-state index < -0.39 is 5.85 Å². The van der Waals surface area contributed by atoms with Crippen LogP contribution in [0.15, 0.2) is 88.9 Å². The number of hydrogen-bond donors (Lipinski definition) is 2. The fourth-order valence-electron chi connectivity index (χ4n) is 4.39. The van der Waals surface area contributed by atoms with Crippen molar-refractivity contribution in [2.24, 2.45) is 5.10 Å². The van der Waals surface area contributed by atoms with Gasteiger partial charge in [0.1, 0.15) is 11.5 Å². The van der Waals surface area contributed by atoms with Crippen molar-refractivity contribution in [2.45, 2.75) is 18.3 Å². The van der Waals surface area contributed by atoms with Gasteiger partial charge in [0.2, 0.25) is 0 Å². The van der Waals surface area contributed by atoms with Crippen molar-refractivity contribution in [3.05, 3.63) is 100 Å². The van der Waals surface area contributed by atoms with Crippen molar-refractivity contribution in [1.82, 2.24) is 10.3 Å². The van der Waals surface area contributed by atoms with Gasteiger partial charge in [-0.15, -0.1) is 0 Å². The van der Waals surface area contributed by atoms with Gasteiger partial charge in [0.15, 0.2) is 0 Å². The predicted molar refractivity (Wildman–Crippen MR) is 124 cm³/mol. The number of para-hydroxylation sites is 1. The summed E-state index contributed by atoms with van der Waals surface area (Å²) in [7, 11) is 0. The van der Waals surface area contributed by atoms with Gasteiger partial charge >= 0.3 is 5.85 Å². The van der Waals surface area contributed by atoms with Crippen molar-refractivity contribution in [3.8, 4) is 11.5 Å². The first-order valence-corrected chi connectivity index (χ1v) is 11.2. The molecule has 2 atom stereocenters. The highest BCUT2D eigenvalue weighted by Gasteiger charge is 2.58. The number of nitrogens with one attached hydrogen (secondary N) is 1. The number of phenolic OH excluding ortho intramolecular Hbond substituents is 1. The van der Waals surface area contributed by atoms with Gasteiger partial charge < -0.3 is 9.84 Å². The summed E-state index contributed by atoms with van der Waals surface area (Å²) in [6.07, 6.45) is 2.61. The summed E-state index contributed by atoms with van der Waals surface area (Å²) in [6.45, 7) is 0. The zero-order chi connectivity index (χ0) is 21.7. The van der Waals surface area contributed by atoms with Gasteiger partial charge in [-0.2, -0.15) is 5.10 Å². The predicted octanol–water partition coefficient (Wildman–Crippen LogP) is 5.09. The fraction of sp³-hybridized carbons (Fsp3) is 0.120. The average Bonchev–Trinajstić information content (AvgIpc) is 3.39. The van der Waals surface area contributed by atoms with E-state index in [4.69, 9.17) is 9.84 Å². The first-order chi connectivity index (χ1) is 15.6. The van der Waals surface area contributed by atoms with Crippen LogP contribution in [0.4, 0.5) is 4.79 Å². The second-order valence-corrected chi connectivity index (χ2v) is 8.89. The number of phenols is 1. The molecule has 0 aromatic heterocycles. The minimum absolute atomic E-state index is 0.0719. The largest absolute Gasteiger partial charge is 0.508 e. The van der Waals surface area contributed by atoms with Crippen molar-refractivity contribution in [1.29, 1.82) is 0 Å². The lowest BCUT2D eigenvalue weighted by molar-refractivity contribution is -0.0949. The quantitative estimate of drug-likeness (QED) is 0.580. The van der Waals surface area contributed by atoms with Crippen molar-refractivity contribution in [3.63, 3.8) is 0 Å². The number of thioether (sulfide) groups is 1. The molecular formula is C25H19N3O3S. The second-order valence-electron chi connectivity index (χ2n) is 7.88. The third kappa shape index (κ3) is 2.97. The van der Waals surface area contributed by atoms with Crippen LogP contribution in [0.5, 0.6) is 11.5 Å². The van der Waals surface area contributed by atoms with Crippen LogP contribution in [0.25, 0.3) is 6.08 Å². The van der Waals surface area contributed by atoms with Gasteiger partial charge in [-0.05, 0) is 47.2 Å². The molecule has 3 aromatic carbocycles. The number of carbonyl (C=O) groups excluding carboxylic acids is 1. The average molecular weight is 442 g/mol. The molecule has 0 saturated carbocycles. The standard InChI is InChI=1S/C25H19N3O3S/c29-18-12-10-16(11-13-18)14-23-25(26-24(30)32-23)28-21(19-8-4-5-9-22(19)31-25)15-20(27-28)17-6-2-1-3-7-17/h1-14,21,29H,15H2,(H,26,30)/b23-14-/t21-,25-/m0/s1. The van der Waals surface area contributed by atoms with Crippen LogP contribution in [0.2, 0.25) is 0 Å². The van der Waals surface area contributed by atoms with Gasteiger partial charge in [-0.3, -0.25) is 10.1 Å². The number of hydrogen-bond acceptors (Lipinski definition) is 6. The first-order valence-electron chi connectivity index (χ1n) is 10.3. The van der Waals surface area contributed by atoms with E-state index in [1.165, 1.54) is 0 Å². The minimum atomic E-state index is -1.23. The van der Waals surface area contributed by atoms with Crippen molar-refractivity contribution in [2.75, 3.05) is 0 Å². The maximum Gasteiger partial charge on any atom is 0.314 e. The first kappa shape index (κ1) is 19.0. The molecule has 2 N–H and O–H groups in total. The zero-order valence-electron chi connectivity index (χ0n) is 16.9. The molecule has 0 radical (unpaired) electrons. The summed E-state index contributed by atoms with van der Waals surface area (Å²) in [4.78, 5) is 13.3. The molecule has 1 amide bonds. The number of carbonyl (C=O) groups is 1. The summed E-state index contributed by atoms with van der Waals surface area (Å²) in [5.74, 6) is -0.304. The Balaban J connectivity index is 1.51. The molecule has 6 rings (SSSR count). The van der Waals surface area contributed by atoms with E-state index in [0.717, 1.165) is 39.9 Å². The Morgan fingerprint density at radius 1 is 1.06 bits per heavy atom. The Morgan fingerprint density at radius 2 is 1.81 bits per heavy atom. The number of hydrazone groups is 1. The Hall–Kier alpha value is -3.71. The molecule has 3 aromatic rings. The molecule has 32 heavy (non-hydrogen) atoms. The number of fused-ring (bicyclic) bond motifs is 4. The minimum Gasteiger partial charge on any atom is -0.508 e. The van der Waals surface area contributed by atoms with Gasteiger partial charge in [0.25, 0.3) is 5.24 Å². The van der Waals surface area contributed by atoms with Crippen LogP contribution in [-0.4, -0.2) is 26.9 Å². The van der Waals surface area contributed by atoms with E-state index >= 15 is 0 Å². The Labute approximate surface area is 189 Å². The molecule has 0 bridgehead atoms. The number of ether oxygens (including phenoxy) is 1. The highest BCUT2D eigenvalue weighted by atomic mass is 32.2. The van der Waals surface area contributed by atoms with Crippen LogP contribution in [0, 0.1) is 0 Å². The van der Waals surface area contributed by atoms with Gasteiger partial charge in [-0.1, -0.05) is 60.7 Å². The molecule has 7 heteroatoms. The van der Waals surface area contributed by atoms with E-state index in [1.54, 1.807) is 24.3 Å². The summed E-state index contributed by atoms with van der Waals surface area (Å²) < 4.78 is 6.51. The summed E-state index contributed by atoms with van der Waals surface area (Å²) >= 11 is 1.10. The van der Waals surface area contributed by atoms with Crippen molar-refractivity contribution >= 4 is 28.8 Å². The van der Waals surface area contributed by atoms with Crippen molar-refractivity contribution < 1.29 is 14.6 Å². The van der Waals surface area contributed by atoms with E-state index in [2.05, 4.69) is 11.4 Å². The maximum absolute atomic E-state index is 12.6.